The van der Waals surface area contributed by atoms with Crippen molar-refractivity contribution >= 4 is 28.5 Å². The Morgan fingerprint density at radius 3 is 2.48 bits per heavy atom. The van der Waals surface area contributed by atoms with Crippen LogP contribution in [0.25, 0.3) is 0 Å². The second-order valence-corrected chi connectivity index (χ2v) is 8.41. The van der Waals surface area contributed by atoms with Crippen LogP contribution in [0, 0.1) is 11.8 Å². The van der Waals surface area contributed by atoms with Crippen LogP contribution in [0.3, 0.4) is 0 Å². The van der Waals surface area contributed by atoms with Crippen molar-refractivity contribution in [3.63, 3.8) is 0 Å². The summed E-state index contributed by atoms with van der Waals surface area (Å²) >= 11 is -0.923. The Morgan fingerprint density at radius 1 is 1.12 bits per heavy atom. The van der Waals surface area contributed by atoms with E-state index in [9.17, 15) is 4.79 Å². The molecule has 0 bridgehead atoms. The average Bonchev–Trinajstić information content (AvgIpc) is 2.66. The molecule has 0 heterocycles. The number of ether oxygens (including phenoxy) is 1. The molecular formula is C21H23NO2Te. The number of methoxy groups -OCH3 is 1. The molecule has 0 spiro atoms. The quantitative estimate of drug-likeness (QED) is 0.480. The van der Waals surface area contributed by atoms with Crippen molar-refractivity contribution in [2.45, 2.75) is 19.8 Å². The fourth-order valence-corrected chi connectivity index (χ4v) is 4.32. The molecule has 25 heavy (non-hydrogen) atoms. The van der Waals surface area contributed by atoms with Gasteiger partial charge in [0, 0.05) is 0 Å². The Labute approximate surface area is 160 Å². The van der Waals surface area contributed by atoms with Crippen LogP contribution in [0.15, 0.2) is 54.6 Å². The number of hydrogen-bond acceptors (Lipinski definition) is 2. The Morgan fingerprint density at radius 2 is 1.84 bits per heavy atom. The molecule has 2 aromatic rings. The Bertz CT molecular complexity index is 717. The van der Waals surface area contributed by atoms with E-state index in [2.05, 4.69) is 18.8 Å². The maximum atomic E-state index is 12.7. The molecule has 0 saturated heterocycles. The van der Waals surface area contributed by atoms with Crippen LogP contribution in [-0.2, 0) is 0 Å². The summed E-state index contributed by atoms with van der Waals surface area (Å²) in [4.78, 5) is 14.6. The molecule has 0 aliphatic rings. The van der Waals surface area contributed by atoms with Crippen molar-refractivity contribution in [3.8, 4) is 17.6 Å². The predicted molar refractivity (Wildman–Crippen MR) is 104 cm³/mol. The van der Waals surface area contributed by atoms with Crippen molar-refractivity contribution in [2.24, 2.45) is 0 Å². The molecule has 0 atom stereocenters. The molecule has 130 valence electrons. The zero-order valence-corrected chi connectivity index (χ0v) is 17.0. The van der Waals surface area contributed by atoms with Gasteiger partial charge in [-0.2, -0.15) is 0 Å². The summed E-state index contributed by atoms with van der Waals surface area (Å²) in [7, 11) is 1.65. The molecule has 0 saturated carbocycles. The van der Waals surface area contributed by atoms with Gasteiger partial charge in [-0.05, 0) is 0 Å². The Balaban J connectivity index is 1.99. The van der Waals surface area contributed by atoms with Gasteiger partial charge in [-0.15, -0.1) is 0 Å². The van der Waals surface area contributed by atoms with Gasteiger partial charge >= 0.3 is 161 Å². The fraction of sp³-hybridized carbons (Fsp3) is 0.286. The summed E-state index contributed by atoms with van der Waals surface area (Å²) in [6.45, 7) is 3.41. The first-order chi connectivity index (χ1) is 12.2. The summed E-state index contributed by atoms with van der Waals surface area (Å²) in [5, 5.41) is 0. The summed E-state index contributed by atoms with van der Waals surface area (Å²) in [5.74, 6) is 7.11. The summed E-state index contributed by atoms with van der Waals surface area (Å²) in [6, 6.07) is 17.7. The Hall–Kier alpha value is -1.94. The molecule has 0 aromatic heterocycles. The van der Waals surface area contributed by atoms with Gasteiger partial charge in [0.25, 0.3) is 0 Å². The van der Waals surface area contributed by atoms with E-state index in [0.717, 1.165) is 34.3 Å². The van der Waals surface area contributed by atoms with Crippen molar-refractivity contribution in [1.29, 1.82) is 0 Å². The second-order valence-electron chi connectivity index (χ2n) is 5.49. The molecule has 0 aliphatic heterocycles. The van der Waals surface area contributed by atoms with E-state index in [1.165, 1.54) is 0 Å². The number of amides is 1. The van der Waals surface area contributed by atoms with Crippen LogP contribution >= 0.6 is 0 Å². The number of carbonyl (C=O) groups is 1. The number of unbranched alkanes of at least 4 members (excludes halogenated alkanes) is 1. The molecule has 2 aromatic carbocycles. The van der Waals surface area contributed by atoms with Gasteiger partial charge < -0.3 is 0 Å². The van der Waals surface area contributed by atoms with Gasteiger partial charge in [0.15, 0.2) is 0 Å². The van der Waals surface area contributed by atoms with Crippen molar-refractivity contribution in [1.82, 2.24) is 4.90 Å². The predicted octanol–water partition coefficient (Wildman–Crippen LogP) is 3.30. The van der Waals surface area contributed by atoms with Crippen LogP contribution in [0.4, 0.5) is 4.79 Å². The van der Waals surface area contributed by atoms with Gasteiger partial charge in [0.1, 0.15) is 0 Å². The number of carbonyl (C=O) groups excluding carboxylic acids is 1. The molecule has 0 aliphatic carbocycles. The minimum atomic E-state index is -0.923. The molecule has 0 fully saturated rings. The molecular weight excluding hydrogens is 426 g/mol. The van der Waals surface area contributed by atoms with Gasteiger partial charge in [-0.25, -0.2) is 0 Å². The summed E-state index contributed by atoms with van der Waals surface area (Å²) in [5.41, 5.74) is 0.983. The number of nitrogens with zero attached hydrogens (tertiary/aromatic N) is 1. The molecule has 2 rings (SSSR count). The first-order valence-electron chi connectivity index (χ1n) is 8.37. The van der Waals surface area contributed by atoms with Crippen LogP contribution in [0.1, 0.15) is 25.3 Å². The standard InChI is InChI=1S/C21H23NO2Te/c1-3-4-16-22(17-8-11-18-9-6-5-7-10-18)21(23)25-20-14-12-19(24-2)13-15-20/h5-7,9-10,12-15H,3-4,16-17H2,1-2H3. The van der Waals surface area contributed by atoms with Crippen molar-refractivity contribution in [2.75, 3.05) is 20.2 Å². The van der Waals surface area contributed by atoms with E-state index in [1.54, 1.807) is 7.11 Å². The molecule has 1 amide bonds. The first kappa shape index (κ1) is 19.4. The van der Waals surface area contributed by atoms with Gasteiger partial charge in [-0.3, -0.25) is 0 Å². The first-order valence-corrected chi connectivity index (χ1v) is 10.7. The molecule has 0 radical (unpaired) electrons. The van der Waals surface area contributed by atoms with E-state index < -0.39 is 20.9 Å². The van der Waals surface area contributed by atoms with E-state index in [0.29, 0.717) is 6.54 Å². The van der Waals surface area contributed by atoms with Crippen LogP contribution in [0.2, 0.25) is 0 Å². The number of hydrogen-bond donors (Lipinski definition) is 0. The third kappa shape index (κ3) is 6.83. The average molecular weight is 449 g/mol. The topological polar surface area (TPSA) is 29.5 Å². The third-order valence-corrected chi connectivity index (χ3v) is 6.27. The summed E-state index contributed by atoms with van der Waals surface area (Å²) in [6.07, 6.45) is 2.08. The minimum absolute atomic E-state index is 0.242. The third-order valence-electron chi connectivity index (χ3n) is 3.58. The summed E-state index contributed by atoms with van der Waals surface area (Å²) < 4.78 is 6.53. The van der Waals surface area contributed by atoms with E-state index in [-0.39, 0.29) is 3.96 Å². The molecule has 3 nitrogen and oxygen atoms in total. The van der Waals surface area contributed by atoms with Crippen LogP contribution < -0.4 is 8.35 Å². The van der Waals surface area contributed by atoms with Gasteiger partial charge in [0.05, 0.1) is 0 Å². The van der Waals surface area contributed by atoms with Crippen LogP contribution in [-0.4, -0.2) is 50.0 Å². The molecule has 0 unspecified atom stereocenters. The van der Waals surface area contributed by atoms with Crippen LogP contribution in [0.5, 0.6) is 5.75 Å². The Kier molecular flexibility index (Phi) is 8.40. The van der Waals surface area contributed by atoms with E-state index in [1.807, 2.05) is 59.5 Å². The maximum absolute atomic E-state index is 12.7. The second kappa shape index (κ2) is 10.8. The molecule has 4 heteroatoms. The van der Waals surface area contributed by atoms with E-state index >= 15 is 0 Å². The number of benzene rings is 2. The van der Waals surface area contributed by atoms with Gasteiger partial charge in [0.2, 0.25) is 0 Å². The zero-order chi connectivity index (χ0) is 17.9. The van der Waals surface area contributed by atoms with Crippen molar-refractivity contribution < 1.29 is 9.53 Å². The SMILES string of the molecule is CCCCN(CC#Cc1ccccc1)C(=O)[Te]c1ccc(OC)cc1. The molecule has 0 N–H and O–H groups in total. The van der Waals surface area contributed by atoms with E-state index in [4.69, 9.17) is 4.74 Å². The normalized spacial score (nSPS) is 9.84. The van der Waals surface area contributed by atoms with Crippen molar-refractivity contribution in [3.05, 3.63) is 60.2 Å². The van der Waals surface area contributed by atoms with Gasteiger partial charge in [-0.1, -0.05) is 0 Å². The fourth-order valence-electron chi connectivity index (χ4n) is 2.15. The zero-order valence-electron chi connectivity index (χ0n) is 14.7. The monoisotopic (exact) mass is 451 g/mol. The number of rotatable bonds is 7.